The Morgan fingerprint density at radius 1 is 1.13 bits per heavy atom. The SMILES string of the molecule is c1ccc2c(CC3CCCC3)scc2c1. The summed E-state index contributed by atoms with van der Waals surface area (Å²) < 4.78 is 0. The van der Waals surface area contributed by atoms with Gasteiger partial charge in [-0.3, -0.25) is 0 Å². The van der Waals surface area contributed by atoms with Crippen molar-refractivity contribution in [3.63, 3.8) is 0 Å². The Kier molecular flexibility index (Phi) is 2.49. The van der Waals surface area contributed by atoms with Crippen LogP contribution in [0, 0.1) is 5.92 Å². The lowest BCUT2D eigenvalue weighted by molar-refractivity contribution is 0.552. The molecule has 1 heteroatoms. The number of benzene rings is 1. The highest BCUT2D eigenvalue weighted by Crippen LogP contribution is 2.33. The fraction of sp³-hybridized carbons (Fsp3) is 0.429. The van der Waals surface area contributed by atoms with Crippen molar-refractivity contribution in [1.29, 1.82) is 0 Å². The fourth-order valence-electron chi connectivity index (χ4n) is 2.69. The van der Waals surface area contributed by atoms with Crippen LogP contribution < -0.4 is 0 Å². The summed E-state index contributed by atoms with van der Waals surface area (Å²) in [4.78, 5) is 1.61. The molecule has 3 rings (SSSR count). The van der Waals surface area contributed by atoms with Crippen molar-refractivity contribution in [2.24, 2.45) is 5.92 Å². The lowest BCUT2D eigenvalue weighted by atomic mass is 10.0. The molecule has 0 radical (unpaired) electrons. The van der Waals surface area contributed by atoms with Gasteiger partial charge in [-0.05, 0) is 28.5 Å². The molecule has 1 fully saturated rings. The van der Waals surface area contributed by atoms with Gasteiger partial charge in [0.2, 0.25) is 0 Å². The second-order valence-corrected chi connectivity index (χ2v) is 5.56. The van der Waals surface area contributed by atoms with Crippen LogP contribution in [0.5, 0.6) is 0 Å². The minimum Gasteiger partial charge on any atom is -0.148 e. The van der Waals surface area contributed by atoms with Gasteiger partial charge in [-0.25, -0.2) is 0 Å². The van der Waals surface area contributed by atoms with E-state index in [1.807, 2.05) is 11.3 Å². The van der Waals surface area contributed by atoms with E-state index in [0.29, 0.717) is 0 Å². The molecule has 0 nitrogen and oxygen atoms in total. The highest BCUT2D eigenvalue weighted by molar-refractivity contribution is 7.11. The van der Waals surface area contributed by atoms with Crippen LogP contribution in [0.2, 0.25) is 0 Å². The van der Waals surface area contributed by atoms with E-state index in [-0.39, 0.29) is 0 Å². The van der Waals surface area contributed by atoms with Gasteiger partial charge in [0.05, 0.1) is 0 Å². The maximum absolute atomic E-state index is 2.31. The Labute approximate surface area is 94.9 Å². The molecule has 78 valence electrons. The normalized spacial score (nSPS) is 17.6. The van der Waals surface area contributed by atoms with Crippen molar-refractivity contribution >= 4 is 22.1 Å². The largest absolute Gasteiger partial charge is 0.148 e. The number of hydrogen-bond donors (Lipinski definition) is 0. The van der Waals surface area contributed by atoms with Gasteiger partial charge in [0, 0.05) is 4.88 Å². The molecule has 1 aromatic heterocycles. The quantitative estimate of drug-likeness (QED) is 0.686. The summed E-state index contributed by atoms with van der Waals surface area (Å²) in [6.07, 6.45) is 7.12. The fourth-order valence-corrected chi connectivity index (χ4v) is 3.81. The summed E-state index contributed by atoms with van der Waals surface area (Å²) in [5.74, 6) is 0.965. The summed E-state index contributed by atoms with van der Waals surface area (Å²) in [5.41, 5.74) is 0. The van der Waals surface area contributed by atoms with Gasteiger partial charge >= 0.3 is 0 Å². The predicted molar refractivity (Wildman–Crippen MR) is 67.5 cm³/mol. The first-order valence-corrected chi connectivity index (χ1v) is 6.76. The monoisotopic (exact) mass is 216 g/mol. The third-order valence-electron chi connectivity index (χ3n) is 3.54. The molecule has 0 amide bonds. The summed E-state index contributed by atoms with van der Waals surface area (Å²) in [6, 6.07) is 8.79. The second kappa shape index (κ2) is 3.97. The Morgan fingerprint density at radius 3 is 2.80 bits per heavy atom. The minimum atomic E-state index is 0.965. The molecule has 0 aliphatic heterocycles. The van der Waals surface area contributed by atoms with Crippen LogP contribution in [0.1, 0.15) is 30.6 Å². The standard InChI is InChI=1S/C14H16S/c1-2-6-11(5-1)9-14-13-8-4-3-7-12(13)10-15-14/h3-4,7-8,10-11H,1-2,5-6,9H2. The van der Waals surface area contributed by atoms with E-state index in [2.05, 4.69) is 29.6 Å². The highest BCUT2D eigenvalue weighted by Gasteiger charge is 2.17. The molecule has 0 saturated heterocycles. The molecule has 2 aromatic rings. The average Bonchev–Trinajstić information content (AvgIpc) is 2.89. The number of rotatable bonds is 2. The maximum Gasteiger partial charge on any atom is 0.0127 e. The molecule has 0 spiro atoms. The van der Waals surface area contributed by atoms with E-state index in [1.165, 1.54) is 42.9 Å². The summed E-state index contributed by atoms with van der Waals surface area (Å²) in [5, 5.41) is 5.23. The molecule has 1 aliphatic rings. The van der Waals surface area contributed by atoms with Crippen molar-refractivity contribution < 1.29 is 0 Å². The molecule has 1 heterocycles. The Balaban J connectivity index is 1.90. The van der Waals surface area contributed by atoms with Crippen molar-refractivity contribution in [3.05, 3.63) is 34.5 Å². The molecule has 0 bridgehead atoms. The predicted octanol–water partition coefficient (Wildman–Crippen LogP) is 4.63. The van der Waals surface area contributed by atoms with Crippen molar-refractivity contribution in [2.75, 3.05) is 0 Å². The van der Waals surface area contributed by atoms with Gasteiger partial charge in [0.25, 0.3) is 0 Å². The third kappa shape index (κ3) is 1.81. The van der Waals surface area contributed by atoms with E-state index in [9.17, 15) is 0 Å². The number of fused-ring (bicyclic) bond motifs is 1. The Morgan fingerprint density at radius 2 is 1.93 bits per heavy atom. The first-order chi connectivity index (χ1) is 7.43. The van der Waals surface area contributed by atoms with Crippen molar-refractivity contribution in [1.82, 2.24) is 0 Å². The van der Waals surface area contributed by atoms with Crippen LogP contribution in [-0.2, 0) is 6.42 Å². The molecule has 1 aliphatic carbocycles. The van der Waals surface area contributed by atoms with Crippen molar-refractivity contribution in [2.45, 2.75) is 32.1 Å². The maximum atomic E-state index is 2.31. The topological polar surface area (TPSA) is 0 Å². The molecule has 15 heavy (non-hydrogen) atoms. The van der Waals surface area contributed by atoms with Crippen LogP contribution in [0.15, 0.2) is 29.6 Å². The molecule has 0 N–H and O–H groups in total. The van der Waals surface area contributed by atoms with Crippen LogP contribution >= 0.6 is 11.3 Å². The third-order valence-corrected chi connectivity index (χ3v) is 4.58. The zero-order valence-corrected chi connectivity index (χ0v) is 9.72. The van der Waals surface area contributed by atoms with E-state index >= 15 is 0 Å². The molecule has 0 unspecified atom stereocenters. The first kappa shape index (κ1) is 9.41. The van der Waals surface area contributed by atoms with Crippen LogP contribution in [0.3, 0.4) is 0 Å². The van der Waals surface area contributed by atoms with Crippen LogP contribution in [0.4, 0.5) is 0 Å². The number of thiophene rings is 1. The zero-order valence-electron chi connectivity index (χ0n) is 8.91. The smallest absolute Gasteiger partial charge is 0.0127 e. The van der Waals surface area contributed by atoms with Gasteiger partial charge in [-0.15, -0.1) is 11.3 Å². The second-order valence-electron chi connectivity index (χ2n) is 4.60. The summed E-state index contributed by atoms with van der Waals surface area (Å²) in [6.45, 7) is 0. The highest BCUT2D eigenvalue weighted by atomic mass is 32.1. The lowest BCUT2D eigenvalue weighted by Crippen LogP contribution is -1.96. The van der Waals surface area contributed by atoms with E-state index in [1.54, 1.807) is 4.88 Å². The number of hydrogen-bond acceptors (Lipinski definition) is 1. The summed E-state index contributed by atoms with van der Waals surface area (Å²) in [7, 11) is 0. The van der Waals surface area contributed by atoms with Crippen molar-refractivity contribution in [3.8, 4) is 0 Å². The molecular weight excluding hydrogens is 200 g/mol. The van der Waals surface area contributed by atoms with Gasteiger partial charge < -0.3 is 0 Å². The Bertz CT molecular complexity index is 449. The lowest BCUT2D eigenvalue weighted by Gasteiger charge is -2.06. The minimum absolute atomic E-state index is 0.965. The Hall–Kier alpha value is -0.820. The zero-order chi connectivity index (χ0) is 10.1. The van der Waals surface area contributed by atoms with Gasteiger partial charge in [0.1, 0.15) is 0 Å². The molecule has 1 aromatic carbocycles. The van der Waals surface area contributed by atoms with Crippen LogP contribution in [0.25, 0.3) is 10.8 Å². The van der Waals surface area contributed by atoms with E-state index in [0.717, 1.165) is 5.92 Å². The van der Waals surface area contributed by atoms with E-state index < -0.39 is 0 Å². The average molecular weight is 216 g/mol. The van der Waals surface area contributed by atoms with Gasteiger partial charge in [-0.2, -0.15) is 0 Å². The van der Waals surface area contributed by atoms with E-state index in [4.69, 9.17) is 0 Å². The van der Waals surface area contributed by atoms with Gasteiger partial charge in [0.15, 0.2) is 0 Å². The first-order valence-electron chi connectivity index (χ1n) is 5.88. The van der Waals surface area contributed by atoms with Gasteiger partial charge in [-0.1, -0.05) is 49.9 Å². The molecular formula is C14H16S. The molecule has 1 saturated carbocycles. The van der Waals surface area contributed by atoms with Crippen LogP contribution in [-0.4, -0.2) is 0 Å². The summed E-state index contributed by atoms with van der Waals surface area (Å²) >= 11 is 1.95. The molecule has 0 atom stereocenters.